The van der Waals surface area contributed by atoms with Crippen LogP contribution in [0.1, 0.15) is 26.7 Å². The molecule has 0 radical (unpaired) electrons. The second kappa shape index (κ2) is 9.19. The number of aromatic nitrogens is 4. The maximum absolute atomic E-state index is 10.1. The second-order valence-corrected chi connectivity index (χ2v) is 9.79. The highest BCUT2D eigenvalue weighted by molar-refractivity contribution is 5.82. The van der Waals surface area contributed by atoms with Gasteiger partial charge >= 0.3 is 0 Å². The van der Waals surface area contributed by atoms with Gasteiger partial charge < -0.3 is 19.5 Å². The van der Waals surface area contributed by atoms with Crippen LogP contribution in [0, 0.1) is 5.92 Å². The van der Waals surface area contributed by atoms with Crippen molar-refractivity contribution in [3.05, 3.63) is 55.0 Å². The number of aliphatic hydroxyl groups is 1. The highest BCUT2D eigenvalue weighted by Gasteiger charge is 2.26. The van der Waals surface area contributed by atoms with Crippen LogP contribution in [-0.4, -0.2) is 51.2 Å². The van der Waals surface area contributed by atoms with E-state index in [-0.39, 0.29) is 0 Å². The molecule has 1 N–H and O–H groups in total. The molecule has 0 bridgehead atoms. The van der Waals surface area contributed by atoms with Crippen molar-refractivity contribution >= 4 is 22.4 Å². The summed E-state index contributed by atoms with van der Waals surface area (Å²) in [6.07, 6.45) is 7.89. The summed E-state index contributed by atoms with van der Waals surface area (Å²) in [5, 5.41) is 14.5. The molecule has 1 fully saturated rings. The van der Waals surface area contributed by atoms with Crippen LogP contribution in [0.3, 0.4) is 0 Å². The van der Waals surface area contributed by atoms with Gasteiger partial charge in [0.15, 0.2) is 0 Å². The molecule has 2 aromatic heterocycles. The average Bonchev–Trinajstić information content (AvgIpc) is 3.56. The molecule has 0 amide bonds. The predicted molar refractivity (Wildman–Crippen MR) is 136 cm³/mol. The van der Waals surface area contributed by atoms with E-state index in [4.69, 9.17) is 14.5 Å². The predicted octanol–water partition coefficient (Wildman–Crippen LogP) is 4.83. The molecular formula is C27H31N5O3. The number of methoxy groups -OCH3 is 2. The quantitative estimate of drug-likeness (QED) is 0.373. The summed E-state index contributed by atoms with van der Waals surface area (Å²) in [4.78, 5) is 11.8. The van der Waals surface area contributed by atoms with Crippen LogP contribution in [0.4, 0.5) is 11.4 Å². The average molecular weight is 474 g/mol. The summed E-state index contributed by atoms with van der Waals surface area (Å²) in [6.45, 7) is 4.84. The Hall–Kier alpha value is -3.65. The number of hydrogen-bond donors (Lipinski definition) is 1. The van der Waals surface area contributed by atoms with Gasteiger partial charge in [-0.05, 0) is 50.8 Å². The monoisotopic (exact) mass is 473 g/mol. The fraction of sp³-hybridized carbons (Fsp3) is 0.370. The van der Waals surface area contributed by atoms with E-state index >= 15 is 0 Å². The summed E-state index contributed by atoms with van der Waals surface area (Å²) in [5.41, 5.74) is 4.46. The van der Waals surface area contributed by atoms with Gasteiger partial charge in [-0.25, -0.2) is 4.98 Å². The van der Waals surface area contributed by atoms with Crippen molar-refractivity contribution in [1.82, 2.24) is 19.7 Å². The molecule has 2 aromatic carbocycles. The molecule has 0 spiro atoms. The third kappa shape index (κ3) is 5.38. The van der Waals surface area contributed by atoms with Gasteiger partial charge in [0, 0.05) is 47.9 Å². The first-order valence-corrected chi connectivity index (χ1v) is 11.8. The molecule has 35 heavy (non-hydrogen) atoms. The van der Waals surface area contributed by atoms with Gasteiger partial charge in [-0.1, -0.05) is 0 Å². The molecule has 1 aliphatic rings. The highest BCUT2D eigenvalue weighted by Crippen LogP contribution is 2.38. The number of ether oxygens (including phenoxy) is 2. The van der Waals surface area contributed by atoms with Crippen LogP contribution in [-0.2, 0) is 6.54 Å². The van der Waals surface area contributed by atoms with Gasteiger partial charge in [-0.2, -0.15) is 5.10 Å². The lowest BCUT2D eigenvalue weighted by atomic mass is 10.1. The Morgan fingerprint density at radius 3 is 2.40 bits per heavy atom. The van der Waals surface area contributed by atoms with Gasteiger partial charge in [-0.15, -0.1) is 0 Å². The van der Waals surface area contributed by atoms with Gasteiger partial charge in [-0.3, -0.25) is 9.67 Å². The molecule has 8 heteroatoms. The summed E-state index contributed by atoms with van der Waals surface area (Å²) in [7, 11) is 3.33. The Kier molecular flexibility index (Phi) is 6.06. The molecule has 4 aromatic rings. The van der Waals surface area contributed by atoms with E-state index in [9.17, 15) is 5.11 Å². The SMILES string of the molecule is COc1cc(OC)cc(N(CC2CC2)c2ccc3ncc(-c4cnn(CC(C)(C)O)c4)nc3c2)c1. The maximum Gasteiger partial charge on any atom is 0.124 e. The summed E-state index contributed by atoms with van der Waals surface area (Å²) in [6, 6.07) is 12.1. The van der Waals surface area contributed by atoms with Crippen molar-refractivity contribution in [2.24, 2.45) is 5.92 Å². The standard InChI is InChI=1S/C27H31N5O3/c1-27(2,33)17-31-16-19(13-29-31)26-14-28-24-8-7-20(11-25(24)30-26)32(15-18-5-6-18)21-9-22(34-3)12-23(10-21)35-4/h7-14,16,18,33H,5-6,15,17H2,1-4H3. The first kappa shape index (κ1) is 23.1. The van der Waals surface area contributed by atoms with Crippen LogP contribution in [0.2, 0.25) is 0 Å². The molecule has 182 valence electrons. The van der Waals surface area contributed by atoms with Gasteiger partial charge in [0.05, 0.1) is 55.5 Å². The van der Waals surface area contributed by atoms with Crippen LogP contribution in [0.15, 0.2) is 55.0 Å². The number of fused-ring (bicyclic) bond motifs is 1. The third-order valence-electron chi connectivity index (χ3n) is 6.10. The topological polar surface area (TPSA) is 85.5 Å². The lowest BCUT2D eigenvalue weighted by molar-refractivity contribution is 0.0577. The minimum Gasteiger partial charge on any atom is -0.497 e. The summed E-state index contributed by atoms with van der Waals surface area (Å²) < 4.78 is 12.8. The van der Waals surface area contributed by atoms with Gasteiger partial charge in [0.25, 0.3) is 0 Å². The smallest absolute Gasteiger partial charge is 0.124 e. The van der Waals surface area contributed by atoms with Gasteiger partial charge in [0.2, 0.25) is 0 Å². The molecule has 0 unspecified atom stereocenters. The first-order chi connectivity index (χ1) is 16.8. The second-order valence-electron chi connectivity index (χ2n) is 9.79. The largest absolute Gasteiger partial charge is 0.497 e. The zero-order valence-corrected chi connectivity index (χ0v) is 20.6. The fourth-order valence-electron chi connectivity index (χ4n) is 4.15. The third-order valence-corrected chi connectivity index (χ3v) is 6.10. The molecule has 1 aliphatic carbocycles. The molecule has 0 aliphatic heterocycles. The molecule has 1 saturated carbocycles. The minimum atomic E-state index is -0.846. The summed E-state index contributed by atoms with van der Waals surface area (Å²) >= 11 is 0. The minimum absolute atomic E-state index is 0.401. The fourth-order valence-corrected chi connectivity index (χ4v) is 4.15. The Labute approximate surface area is 205 Å². The zero-order valence-electron chi connectivity index (χ0n) is 20.6. The van der Waals surface area contributed by atoms with E-state index in [0.717, 1.165) is 51.7 Å². The van der Waals surface area contributed by atoms with Crippen molar-refractivity contribution in [2.75, 3.05) is 25.7 Å². The van der Waals surface area contributed by atoms with Crippen molar-refractivity contribution < 1.29 is 14.6 Å². The van der Waals surface area contributed by atoms with Crippen molar-refractivity contribution in [3.63, 3.8) is 0 Å². The number of rotatable bonds is 9. The Morgan fingerprint density at radius 2 is 1.74 bits per heavy atom. The van der Waals surface area contributed by atoms with Crippen LogP contribution in [0.5, 0.6) is 11.5 Å². The molecular weight excluding hydrogens is 442 g/mol. The number of nitrogens with zero attached hydrogens (tertiary/aromatic N) is 5. The summed E-state index contributed by atoms with van der Waals surface area (Å²) in [5.74, 6) is 2.18. The van der Waals surface area contributed by atoms with E-state index < -0.39 is 5.60 Å². The molecule has 5 rings (SSSR count). The van der Waals surface area contributed by atoms with Crippen molar-refractivity contribution in [3.8, 4) is 22.8 Å². The van der Waals surface area contributed by atoms with E-state index in [1.165, 1.54) is 12.8 Å². The number of hydrogen-bond acceptors (Lipinski definition) is 7. The number of anilines is 2. The maximum atomic E-state index is 10.1. The molecule has 8 nitrogen and oxygen atoms in total. The van der Waals surface area contributed by atoms with Crippen molar-refractivity contribution in [1.29, 1.82) is 0 Å². The van der Waals surface area contributed by atoms with E-state index in [0.29, 0.717) is 12.5 Å². The molecule has 2 heterocycles. The van der Waals surface area contributed by atoms with Crippen molar-refractivity contribution in [2.45, 2.75) is 38.8 Å². The lowest BCUT2D eigenvalue weighted by Gasteiger charge is -2.26. The number of benzene rings is 2. The molecule has 0 saturated heterocycles. The first-order valence-electron chi connectivity index (χ1n) is 11.8. The highest BCUT2D eigenvalue weighted by atomic mass is 16.5. The Bertz CT molecular complexity index is 1320. The zero-order chi connectivity index (χ0) is 24.6. The van der Waals surface area contributed by atoms with Crippen LogP contribution < -0.4 is 14.4 Å². The van der Waals surface area contributed by atoms with E-state index in [1.807, 2.05) is 30.5 Å². The van der Waals surface area contributed by atoms with E-state index in [1.54, 1.807) is 45.1 Å². The van der Waals surface area contributed by atoms with E-state index in [2.05, 4.69) is 27.1 Å². The van der Waals surface area contributed by atoms with Crippen LogP contribution in [0.25, 0.3) is 22.3 Å². The lowest BCUT2D eigenvalue weighted by Crippen LogP contribution is -2.26. The normalized spacial score (nSPS) is 13.7. The van der Waals surface area contributed by atoms with Crippen LogP contribution >= 0.6 is 0 Å². The Balaban J connectivity index is 1.51. The Morgan fingerprint density at radius 1 is 1.00 bits per heavy atom. The van der Waals surface area contributed by atoms with Gasteiger partial charge in [0.1, 0.15) is 11.5 Å². The molecule has 0 atom stereocenters.